The van der Waals surface area contributed by atoms with Gasteiger partial charge in [0.15, 0.2) is 0 Å². The molecule has 1 saturated heterocycles. The Bertz CT molecular complexity index is 623. The number of benzene rings is 1. The second kappa shape index (κ2) is 7.57. The van der Waals surface area contributed by atoms with Gasteiger partial charge in [-0.3, -0.25) is 14.5 Å². The van der Waals surface area contributed by atoms with Crippen LogP contribution in [-0.4, -0.2) is 48.1 Å². The third-order valence-corrected chi connectivity index (χ3v) is 4.62. The lowest BCUT2D eigenvalue weighted by atomic mass is 10.1. The Hall–Kier alpha value is -2.21. The molecule has 0 spiro atoms. The first kappa shape index (κ1) is 16.6. The van der Waals surface area contributed by atoms with Crippen molar-refractivity contribution in [2.45, 2.75) is 38.6 Å². The van der Waals surface area contributed by atoms with E-state index in [0.717, 1.165) is 13.1 Å². The molecule has 1 aromatic rings. The van der Waals surface area contributed by atoms with Crippen LogP contribution in [0.4, 0.5) is 5.69 Å². The van der Waals surface area contributed by atoms with Crippen LogP contribution in [0.5, 0.6) is 0 Å². The molecule has 0 aliphatic carbocycles. The second-order valence-electron chi connectivity index (χ2n) is 6.39. The topological polar surface area (TPSA) is 65.0 Å². The van der Waals surface area contributed by atoms with E-state index < -0.39 is 0 Å². The van der Waals surface area contributed by atoms with E-state index in [0.29, 0.717) is 36.8 Å². The molecule has 1 fully saturated rings. The molecule has 1 N–H and O–H groups in total. The summed E-state index contributed by atoms with van der Waals surface area (Å²) in [6, 6.07) is 9.55. The highest BCUT2D eigenvalue weighted by atomic mass is 16.2. The fourth-order valence-corrected chi connectivity index (χ4v) is 3.14. The Morgan fingerprint density at radius 2 is 1.92 bits per heavy atom. The van der Waals surface area contributed by atoms with Crippen molar-refractivity contribution in [1.29, 1.82) is 0 Å². The number of hydrazone groups is 1. The van der Waals surface area contributed by atoms with Gasteiger partial charge in [0.2, 0.25) is 5.91 Å². The molecule has 0 unspecified atom stereocenters. The summed E-state index contributed by atoms with van der Waals surface area (Å²) < 4.78 is 0. The highest BCUT2D eigenvalue weighted by Crippen LogP contribution is 2.19. The summed E-state index contributed by atoms with van der Waals surface area (Å²) in [6.45, 7) is 4.95. The molecule has 6 heteroatoms. The van der Waals surface area contributed by atoms with Gasteiger partial charge in [0, 0.05) is 25.4 Å². The van der Waals surface area contributed by atoms with E-state index in [-0.39, 0.29) is 11.8 Å². The van der Waals surface area contributed by atoms with Gasteiger partial charge in [-0.2, -0.15) is 5.10 Å². The molecule has 24 heavy (non-hydrogen) atoms. The van der Waals surface area contributed by atoms with Crippen molar-refractivity contribution in [2.75, 3.05) is 24.6 Å². The van der Waals surface area contributed by atoms with Crippen molar-refractivity contribution < 1.29 is 9.59 Å². The van der Waals surface area contributed by atoms with Crippen LogP contribution in [0.25, 0.3) is 0 Å². The van der Waals surface area contributed by atoms with E-state index in [2.05, 4.69) is 22.2 Å². The Balaban J connectivity index is 1.62. The molecule has 0 bridgehead atoms. The summed E-state index contributed by atoms with van der Waals surface area (Å²) in [4.78, 5) is 26.9. The van der Waals surface area contributed by atoms with Crippen molar-refractivity contribution in [3.63, 3.8) is 0 Å². The Kier molecular flexibility index (Phi) is 5.25. The van der Waals surface area contributed by atoms with Crippen LogP contribution < -0.4 is 10.3 Å². The quantitative estimate of drug-likeness (QED) is 0.896. The maximum Gasteiger partial charge on any atom is 0.267 e. The lowest BCUT2D eigenvalue weighted by Crippen LogP contribution is -2.44. The number of rotatable bonds is 5. The molecule has 2 amide bonds. The molecule has 2 aliphatic heterocycles. The van der Waals surface area contributed by atoms with Gasteiger partial charge in [0.25, 0.3) is 5.91 Å². The van der Waals surface area contributed by atoms with Crippen molar-refractivity contribution in [3.05, 3.63) is 30.3 Å². The minimum absolute atomic E-state index is 0.0804. The molecule has 0 aromatic heterocycles. The average molecular weight is 328 g/mol. The van der Waals surface area contributed by atoms with Gasteiger partial charge in [-0.15, -0.1) is 0 Å². The first-order valence-electron chi connectivity index (χ1n) is 8.63. The van der Waals surface area contributed by atoms with Crippen molar-refractivity contribution in [3.8, 4) is 0 Å². The van der Waals surface area contributed by atoms with Gasteiger partial charge < -0.3 is 5.32 Å². The zero-order valence-corrected chi connectivity index (χ0v) is 14.1. The number of amides is 2. The standard InChI is InChI=1S/C18H24N4O2/c1-14(21-11-5-6-12-21)13-19-18(24)16-9-10-17(23)22(20-16)15-7-3-2-4-8-15/h2-4,7-8,14H,5-6,9-13H2,1H3,(H,19,24)/t14-/m0/s1. The number of likely N-dealkylation sites (tertiary alicyclic amines) is 1. The minimum Gasteiger partial charge on any atom is -0.349 e. The third-order valence-electron chi connectivity index (χ3n) is 4.62. The highest BCUT2D eigenvalue weighted by Gasteiger charge is 2.26. The first-order valence-corrected chi connectivity index (χ1v) is 8.63. The zero-order valence-electron chi connectivity index (χ0n) is 14.1. The lowest BCUT2D eigenvalue weighted by Gasteiger charge is -2.25. The van der Waals surface area contributed by atoms with Gasteiger partial charge in [-0.25, -0.2) is 5.01 Å². The average Bonchev–Trinajstić information content (AvgIpc) is 3.15. The second-order valence-corrected chi connectivity index (χ2v) is 6.39. The molecule has 2 heterocycles. The number of carbonyl (C=O) groups is 2. The van der Waals surface area contributed by atoms with E-state index in [1.165, 1.54) is 17.9 Å². The summed E-state index contributed by atoms with van der Waals surface area (Å²) in [5.41, 5.74) is 1.12. The zero-order chi connectivity index (χ0) is 16.9. The van der Waals surface area contributed by atoms with Crippen LogP contribution in [-0.2, 0) is 9.59 Å². The number of anilines is 1. The number of hydrogen-bond donors (Lipinski definition) is 1. The maximum absolute atomic E-state index is 12.4. The monoisotopic (exact) mass is 328 g/mol. The van der Waals surface area contributed by atoms with E-state index in [9.17, 15) is 9.59 Å². The number of nitrogens with zero attached hydrogens (tertiary/aromatic N) is 3. The number of hydrogen-bond acceptors (Lipinski definition) is 4. The predicted molar refractivity (Wildman–Crippen MR) is 93.9 cm³/mol. The van der Waals surface area contributed by atoms with Crippen molar-refractivity contribution in [1.82, 2.24) is 10.2 Å². The smallest absolute Gasteiger partial charge is 0.267 e. The fraction of sp³-hybridized carbons (Fsp3) is 0.500. The van der Waals surface area contributed by atoms with Crippen molar-refractivity contribution in [2.24, 2.45) is 5.10 Å². The molecular weight excluding hydrogens is 304 g/mol. The van der Waals surface area contributed by atoms with Gasteiger partial charge >= 0.3 is 0 Å². The lowest BCUT2D eigenvalue weighted by molar-refractivity contribution is -0.119. The fourth-order valence-electron chi connectivity index (χ4n) is 3.14. The van der Waals surface area contributed by atoms with Crippen LogP contribution >= 0.6 is 0 Å². The molecule has 0 saturated carbocycles. The van der Waals surface area contributed by atoms with Gasteiger partial charge in [0.05, 0.1) is 5.69 Å². The van der Waals surface area contributed by atoms with Gasteiger partial charge in [0.1, 0.15) is 5.71 Å². The minimum atomic E-state index is -0.172. The summed E-state index contributed by atoms with van der Waals surface area (Å²) in [5, 5.41) is 8.59. The van der Waals surface area contributed by atoms with Crippen LogP contribution in [0, 0.1) is 0 Å². The summed E-state index contributed by atoms with van der Waals surface area (Å²) >= 11 is 0. The van der Waals surface area contributed by atoms with Gasteiger partial charge in [-0.05, 0) is 45.0 Å². The Morgan fingerprint density at radius 3 is 2.62 bits per heavy atom. The molecule has 1 atom stereocenters. The van der Waals surface area contributed by atoms with E-state index in [1.807, 2.05) is 30.3 Å². The summed E-state index contributed by atoms with van der Waals surface area (Å²) in [5.74, 6) is -0.252. The van der Waals surface area contributed by atoms with Crippen LogP contribution in [0.1, 0.15) is 32.6 Å². The maximum atomic E-state index is 12.4. The molecule has 2 aliphatic rings. The molecule has 128 valence electrons. The van der Waals surface area contributed by atoms with E-state index in [4.69, 9.17) is 0 Å². The predicted octanol–water partition coefficient (Wildman–Crippen LogP) is 1.77. The van der Waals surface area contributed by atoms with Crippen molar-refractivity contribution >= 4 is 23.2 Å². The third kappa shape index (κ3) is 3.82. The number of carbonyl (C=O) groups excluding carboxylic acids is 2. The van der Waals surface area contributed by atoms with Crippen LogP contribution in [0.15, 0.2) is 35.4 Å². The Morgan fingerprint density at radius 1 is 1.21 bits per heavy atom. The molecule has 1 aromatic carbocycles. The molecule has 6 nitrogen and oxygen atoms in total. The summed E-state index contributed by atoms with van der Waals surface area (Å²) in [6.07, 6.45) is 3.17. The number of nitrogens with one attached hydrogen (secondary N) is 1. The van der Waals surface area contributed by atoms with E-state index >= 15 is 0 Å². The number of para-hydroxylation sites is 1. The highest BCUT2D eigenvalue weighted by molar-refractivity contribution is 6.40. The molecular formula is C18H24N4O2. The van der Waals surface area contributed by atoms with Crippen LogP contribution in [0.3, 0.4) is 0 Å². The first-order chi connectivity index (χ1) is 11.6. The SMILES string of the molecule is C[C@@H](CNC(=O)C1=NN(c2ccccc2)C(=O)CC1)N1CCCC1. The summed E-state index contributed by atoms with van der Waals surface area (Å²) in [7, 11) is 0. The molecule has 3 rings (SSSR count). The van der Waals surface area contributed by atoms with E-state index in [1.54, 1.807) is 0 Å². The van der Waals surface area contributed by atoms with Crippen LogP contribution in [0.2, 0.25) is 0 Å². The Labute approximate surface area is 142 Å². The van der Waals surface area contributed by atoms with Gasteiger partial charge in [-0.1, -0.05) is 18.2 Å². The largest absolute Gasteiger partial charge is 0.349 e. The normalized spacial score (nSPS) is 20.0. The molecule has 0 radical (unpaired) electrons.